The first-order valence-corrected chi connectivity index (χ1v) is 10.3. The number of hydrogen-bond donors (Lipinski definition) is 0. The zero-order valence-electron chi connectivity index (χ0n) is 16.1. The zero-order valence-corrected chi connectivity index (χ0v) is 16.9. The van der Waals surface area contributed by atoms with E-state index in [4.69, 9.17) is 4.98 Å². The van der Waals surface area contributed by atoms with Crippen LogP contribution >= 0.6 is 11.8 Å². The molecular weight excluding hydrogens is 318 g/mol. The first kappa shape index (κ1) is 19.4. The summed E-state index contributed by atoms with van der Waals surface area (Å²) in [6.45, 7) is 12.6. The van der Waals surface area contributed by atoms with Gasteiger partial charge in [-0.3, -0.25) is 4.79 Å². The Morgan fingerprint density at radius 1 is 1.17 bits per heavy atom. The number of carbonyl (C=O) groups excluding carboxylic acids is 1. The topological polar surface area (TPSA) is 38.1 Å². The first-order valence-electron chi connectivity index (χ1n) is 9.32. The van der Waals surface area contributed by atoms with Crippen molar-refractivity contribution in [1.82, 2.24) is 14.5 Å². The van der Waals surface area contributed by atoms with Crippen LogP contribution in [0.2, 0.25) is 0 Å². The summed E-state index contributed by atoms with van der Waals surface area (Å²) in [6, 6.07) is 1.03. The number of hydrogen-bond acceptors (Lipinski definition) is 3. The van der Waals surface area contributed by atoms with Crippen LogP contribution in [0.15, 0.2) is 5.16 Å². The van der Waals surface area contributed by atoms with Crippen molar-refractivity contribution in [3.63, 3.8) is 0 Å². The quantitative estimate of drug-likeness (QED) is 0.695. The third-order valence-corrected chi connectivity index (χ3v) is 5.96. The highest BCUT2D eigenvalue weighted by Crippen LogP contribution is 2.34. The molecule has 1 aromatic rings. The summed E-state index contributed by atoms with van der Waals surface area (Å²) in [5, 5.41) is 1.03. The second-order valence-corrected chi connectivity index (χ2v) is 8.45. The number of thioether (sulfide) groups is 1. The largest absolute Gasteiger partial charge is 0.337 e. The number of imidazole rings is 1. The van der Waals surface area contributed by atoms with Gasteiger partial charge in [0.2, 0.25) is 5.91 Å². The van der Waals surface area contributed by atoms with Crippen LogP contribution in [-0.4, -0.2) is 38.2 Å². The van der Waals surface area contributed by atoms with Crippen LogP contribution in [0.4, 0.5) is 0 Å². The Morgan fingerprint density at radius 2 is 1.75 bits per heavy atom. The van der Waals surface area contributed by atoms with Gasteiger partial charge in [0.1, 0.15) is 0 Å². The Bertz CT molecular complexity index is 551. The van der Waals surface area contributed by atoms with Gasteiger partial charge in [0, 0.05) is 23.8 Å². The van der Waals surface area contributed by atoms with Crippen LogP contribution in [0.5, 0.6) is 0 Å². The van der Waals surface area contributed by atoms with Crippen molar-refractivity contribution >= 4 is 17.7 Å². The molecule has 1 amide bonds. The summed E-state index contributed by atoms with van der Waals surface area (Å²) >= 11 is 1.61. The van der Waals surface area contributed by atoms with Gasteiger partial charge in [-0.15, -0.1) is 0 Å². The Kier molecular flexibility index (Phi) is 6.79. The molecule has 1 aliphatic carbocycles. The molecule has 136 valence electrons. The minimum atomic E-state index is 0.207. The van der Waals surface area contributed by atoms with E-state index in [-0.39, 0.29) is 18.0 Å². The Labute approximate surface area is 151 Å². The minimum absolute atomic E-state index is 0.207. The van der Waals surface area contributed by atoms with E-state index < -0.39 is 0 Å². The molecule has 0 atom stereocenters. The Balaban J connectivity index is 2.12. The molecule has 1 aromatic heterocycles. The minimum Gasteiger partial charge on any atom is -0.337 e. The van der Waals surface area contributed by atoms with E-state index in [2.05, 4.69) is 46.1 Å². The fourth-order valence-corrected chi connectivity index (χ4v) is 4.87. The molecule has 0 aromatic carbocycles. The van der Waals surface area contributed by atoms with E-state index >= 15 is 0 Å². The third kappa shape index (κ3) is 4.35. The van der Waals surface area contributed by atoms with E-state index in [9.17, 15) is 4.79 Å². The lowest BCUT2D eigenvalue weighted by Crippen LogP contribution is -2.43. The molecule has 0 unspecified atom stereocenters. The number of amides is 1. The van der Waals surface area contributed by atoms with Gasteiger partial charge in [0.15, 0.2) is 5.16 Å². The van der Waals surface area contributed by atoms with Crippen molar-refractivity contribution in [2.24, 2.45) is 0 Å². The maximum absolute atomic E-state index is 12.6. The molecule has 5 heteroatoms. The zero-order chi connectivity index (χ0) is 17.9. The third-order valence-electron chi connectivity index (χ3n) is 5.02. The smallest absolute Gasteiger partial charge is 0.233 e. The predicted molar refractivity (Wildman–Crippen MR) is 102 cm³/mol. The van der Waals surface area contributed by atoms with E-state index in [0.29, 0.717) is 11.8 Å². The maximum atomic E-state index is 12.6. The first-order chi connectivity index (χ1) is 11.3. The molecule has 0 saturated heterocycles. The molecule has 24 heavy (non-hydrogen) atoms. The van der Waals surface area contributed by atoms with E-state index in [1.807, 2.05) is 4.90 Å². The average molecular weight is 352 g/mol. The highest BCUT2D eigenvalue weighted by Gasteiger charge is 2.24. The molecular formula is C19H33N3OS. The second kappa shape index (κ2) is 8.41. The van der Waals surface area contributed by atoms with Crippen LogP contribution in [-0.2, 0) is 4.79 Å². The van der Waals surface area contributed by atoms with Crippen LogP contribution in [0.1, 0.15) is 77.2 Å². The number of carbonyl (C=O) groups is 1. The summed E-state index contributed by atoms with van der Waals surface area (Å²) < 4.78 is 2.40. The van der Waals surface area contributed by atoms with Gasteiger partial charge in [-0.1, -0.05) is 31.0 Å². The predicted octanol–water partition coefficient (Wildman–Crippen LogP) is 4.74. The normalized spacial score (nSPS) is 16.2. The molecule has 0 N–H and O–H groups in total. The number of aryl methyl sites for hydroxylation is 1. The average Bonchev–Trinajstić information content (AvgIpc) is 2.80. The van der Waals surface area contributed by atoms with Gasteiger partial charge in [0.25, 0.3) is 0 Å². The second-order valence-electron chi connectivity index (χ2n) is 7.50. The van der Waals surface area contributed by atoms with Crippen molar-refractivity contribution in [1.29, 1.82) is 0 Å². The molecule has 1 aliphatic rings. The summed E-state index contributed by atoms with van der Waals surface area (Å²) in [5.41, 5.74) is 2.36. The van der Waals surface area contributed by atoms with E-state index in [1.54, 1.807) is 11.8 Å². The molecule has 0 aliphatic heterocycles. The van der Waals surface area contributed by atoms with Crippen molar-refractivity contribution < 1.29 is 4.79 Å². The summed E-state index contributed by atoms with van der Waals surface area (Å²) in [5.74, 6) is 0.678. The number of nitrogens with zero attached hydrogens (tertiary/aromatic N) is 3. The lowest BCUT2D eigenvalue weighted by atomic mass is 9.95. The van der Waals surface area contributed by atoms with Crippen LogP contribution in [0, 0.1) is 13.8 Å². The highest BCUT2D eigenvalue weighted by atomic mass is 32.2. The Morgan fingerprint density at radius 3 is 2.29 bits per heavy atom. The van der Waals surface area contributed by atoms with Gasteiger partial charge in [-0.25, -0.2) is 4.98 Å². The van der Waals surface area contributed by atoms with Gasteiger partial charge in [-0.2, -0.15) is 0 Å². The SMILES string of the molecule is Cc1nc(SCC(=O)N(C(C)C)C(C)C)n(C2CCCCC2)c1C. The summed E-state index contributed by atoms with van der Waals surface area (Å²) in [7, 11) is 0. The van der Waals surface area contributed by atoms with Gasteiger partial charge >= 0.3 is 0 Å². The number of rotatable bonds is 6. The molecule has 4 nitrogen and oxygen atoms in total. The van der Waals surface area contributed by atoms with E-state index in [0.717, 1.165) is 10.9 Å². The highest BCUT2D eigenvalue weighted by molar-refractivity contribution is 7.99. The van der Waals surface area contributed by atoms with Crippen LogP contribution < -0.4 is 0 Å². The molecule has 1 heterocycles. The van der Waals surface area contributed by atoms with Gasteiger partial charge in [0.05, 0.1) is 11.4 Å². The summed E-state index contributed by atoms with van der Waals surface area (Å²) in [6.07, 6.45) is 6.43. The molecule has 1 saturated carbocycles. The van der Waals surface area contributed by atoms with Crippen molar-refractivity contribution in [2.75, 3.05) is 5.75 Å². The van der Waals surface area contributed by atoms with Crippen LogP contribution in [0.25, 0.3) is 0 Å². The molecule has 0 radical (unpaired) electrons. The maximum Gasteiger partial charge on any atom is 0.233 e. The molecule has 2 rings (SSSR count). The molecule has 1 fully saturated rings. The fourth-order valence-electron chi connectivity index (χ4n) is 3.84. The fraction of sp³-hybridized carbons (Fsp3) is 0.789. The van der Waals surface area contributed by atoms with E-state index in [1.165, 1.54) is 37.8 Å². The monoisotopic (exact) mass is 351 g/mol. The Hall–Kier alpha value is -0.970. The van der Waals surface area contributed by atoms with Crippen molar-refractivity contribution in [3.8, 4) is 0 Å². The van der Waals surface area contributed by atoms with Crippen LogP contribution in [0.3, 0.4) is 0 Å². The standard InChI is InChI=1S/C19H33N3OS/c1-13(2)21(14(3)4)18(23)12-24-19-20-15(5)16(6)22(19)17-10-8-7-9-11-17/h13-14,17H,7-12H2,1-6H3. The lowest BCUT2D eigenvalue weighted by Gasteiger charge is -2.31. The van der Waals surface area contributed by atoms with Gasteiger partial charge < -0.3 is 9.47 Å². The summed E-state index contributed by atoms with van der Waals surface area (Å²) in [4.78, 5) is 19.4. The van der Waals surface area contributed by atoms with Gasteiger partial charge in [-0.05, 0) is 54.4 Å². The van der Waals surface area contributed by atoms with Crippen molar-refractivity contribution in [2.45, 2.75) is 96.9 Å². The van der Waals surface area contributed by atoms with Crippen molar-refractivity contribution in [3.05, 3.63) is 11.4 Å². The molecule has 0 spiro atoms. The molecule has 0 bridgehead atoms. The number of aromatic nitrogens is 2. The lowest BCUT2D eigenvalue weighted by molar-refractivity contribution is -0.131.